The highest BCUT2D eigenvalue weighted by Crippen LogP contribution is 2.44. The Labute approximate surface area is 151 Å². The summed E-state index contributed by atoms with van der Waals surface area (Å²) in [5.74, 6) is 1.83. The predicted octanol–water partition coefficient (Wildman–Crippen LogP) is 4.43. The molecule has 1 aliphatic rings. The first-order chi connectivity index (χ1) is 11.8. The molecular formula is C19H21NO2S2. The second-order valence-electron chi connectivity index (χ2n) is 5.55. The van der Waals surface area contributed by atoms with Crippen molar-refractivity contribution in [1.29, 1.82) is 0 Å². The summed E-state index contributed by atoms with van der Waals surface area (Å²) in [7, 11) is 1.70. The van der Waals surface area contributed by atoms with E-state index in [0.717, 1.165) is 29.9 Å². The first kappa shape index (κ1) is 17.4. The summed E-state index contributed by atoms with van der Waals surface area (Å²) in [6, 6.07) is 18.5. The Bertz CT molecular complexity index is 706. The molecule has 126 valence electrons. The molecule has 1 unspecified atom stereocenters. The quantitative estimate of drug-likeness (QED) is 0.487. The van der Waals surface area contributed by atoms with Gasteiger partial charge in [-0.1, -0.05) is 59.8 Å². The molecule has 0 aromatic heterocycles. The molecular weight excluding hydrogens is 338 g/mol. The number of benzene rings is 2. The van der Waals surface area contributed by atoms with Gasteiger partial charge in [-0.25, -0.2) is 0 Å². The lowest BCUT2D eigenvalue weighted by Crippen LogP contribution is -2.35. The van der Waals surface area contributed by atoms with E-state index in [0.29, 0.717) is 5.71 Å². The van der Waals surface area contributed by atoms with Crippen LogP contribution in [0.4, 0.5) is 0 Å². The van der Waals surface area contributed by atoms with Gasteiger partial charge in [0.15, 0.2) is 0 Å². The highest BCUT2D eigenvalue weighted by atomic mass is 32.2. The van der Waals surface area contributed by atoms with E-state index in [1.807, 2.05) is 24.3 Å². The molecule has 1 atom stereocenters. The fourth-order valence-corrected chi connectivity index (χ4v) is 5.73. The van der Waals surface area contributed by atoms with Crippen LogP contribution in [0.2, 0.25) is 0 Å². The maximum Gasteiger partial charge on any atom is 0.207 e. The lowest BCUT2D eigenvalue weighted by molar-refractivity contribution is 0.191. The molecule has 0 bridgehead atoms. The zero-order valence-electron chi connectivity index (χ0n) is 13.6. The van der Waals surface area contributed by atoms with E-state index < -0.39 is 4.27 Å². The predicted molar refractivity (Wildman–Crippen MR) is 103 cm³/mol. The van der Waals surface area contributed by atoms with Crippen molar-refractivity contribution in [2.75, 3.05) is 18.6 Å². The number of rotatable bonds is 5. The van der Waals surface area contributed by atoms with Crippen LogP contribution >= 0.6 is 23.5 Å². The molecule has 24 heavy (non-hydrogen) atoms. The summed E-state index contributed by atoms with van der Waals surface area (Å²) < 4.78 is 5.22. The number of ether oxygens (including phenoxy) is 1. The van der Waals surface area contributed by atoms with Crippen molar-refractivity contribution in [3.8, 4) is 0 Å². The average Bonchev–Trinajstić information content (AvgIpc) is 2.79. The van der Waals surface area contributed by atoms with Crippen molar-refractivity contribution in [3.63, 3.8) is 0 Å². The van der Waals surface area contributed by atoms with Crippen LogP contribution in [-0.2, 0) is 17.6 Å². The molecule has 0 radical (unpaired) electrons. The number of fused-ring (bicyclic) bond motifs is 1. The van der Waals surface area contributed by atoms with Gasteiger partial charge in [0.05, 0.1) is 0 Å². The molecule has 3 nitrogen and oxygen atoms in total. The number of methoxy groups -OCH3 is 1. The van der Waals surface area contributed by atoms with Gasteiger partial charge in [0.2, 0.25) is 4.27 Å². The molecule has 1 aliphatic heterocycles. The molecule has 2 aromatic carbocycles. The van der Waals surface area contributed by atoms with Crippen LogP contribution in [0.25, 0.3) is 0 Å². The Balaban J connectivity index is 1.82. The van der Waals surface area contributed by atoms with Crippen molar-refractivity contribution in [1.82, 2.24) is 0 Å². The van der Waals surface area contributed by atoms with E-state index >= 15 is 0 Å². The van der Waals surface area contributed by atoms with Gasteiger partial charge in [0.1, 0.15) is 5.71 Å². The zero-order chi connectivity index (χ0) is 16.8. The van der Waals surface area contributed by atoms with Crippen LogP contribution in [0, 0.1) is 0 Å². The highest BCUT2D eigenvalue weighted by Gasteiger charge is 2.41. The number of oxime groups is 1. The standard InChI is InChI=1S/C19H21NO2S2/c1-22-19(23-13-11-15-7-3-2-4-8-15)18(20-21)17-10-6-5-9-16(17)12-14-24-19/h2-10,21H,11-14H2,1H3/b20-18+. The topological polar surface area (TPSA) is 41.8 Å². The van der Waals surface area contributed by atoms with Crippen LogP contribution in [0.15, 0.2) is 59.8 Å². The molecule has 0 fully saturated rings. The minimum atomic E-state index is -0.671. The lowest BCUT2D eigenvalue weighted by atomic mass is 10.0. The summed E-state index contributed by atoms with van der Waals surface area (Å²) >= 11 is 3.41. The molecule has 1 N–H and O–H groups in total. The molecule has 0 saturated heterocycles. The van der Waals surface area contributed by atoms with Gasteiger partial charge in [0, 0.05) is 24.2 Å². The smallest absolute Gasteiger partial charge is 0.207 e. The molecule has 0 spiro atoms. The first-order valence-electron chi connectivity index (χ1n) is 7.97. The second kappa shape index (κ2) is 8.10. The summed E-state index contributed by atoms with van der Waals surface area (Å²) in [5, 5.41) is 13.4. The molecule has 0 saturated carbocycles. The second-order valence-corrected chi connectivity index (χ2v) is 8.35. The third kappa shape index (κ3) is 3.63. The van der Waals surface area contributed by atoms with Gasteiger partial charge < -0.3 is 9.94 Å². The van der Waals surface area contributed by atoms with Crippen molar-refractivity contribution in [3.05, 3.63) is 71.3 Å². The van der Waals surface area contributed by atoms with Crippen molar-refractivity contribution >= 4 is 29.2 Å². The number of nitrogens with zero attached hydrogens (tertiary/aromatic N) is 1. The van der Waals surface area contributed by atoms with Crippen LogP contribution in [0.3, 0.4) is 0 Å². The van der Waals surface area contributed by atoms with Crippen LogP contribution in [0.1, 0.15) is 16.7 Å². The minimum Gasteiger partial charge on any atom is -0.410 e. The summed E-state index contributed by atoms with van der Waals surface area (Å²) in [6.45, 7) is 0. The SMILES string of the molecule is COC1(SCCc2ccccc2)SCCc2ccccc2/C1=N\O. The number of hydrogen-bond acceptors (Lipinski definition) is 5. The fourth-order valence-electron chi connectivity index (χ4n) is 2.89. The van der Waals surface area contributed by atoms with Crippen molar-refractivity contribution < 1.29 is 9.94 Å². The van der Waals surface area contributed by atoms with E-state index in [2.05, 4.69) is 35.5 Å². The molecule has 2 aromatic rings. The fraction of sp³-hybridized carbons (Fsp3) is 0.316. The maximum atomic E-state index is 9.73. The first-order valence-corrected chi connectivity index (χ1v) is 9.94. The number of aryl methyl sites for hydroxylation is 2. The maximum absolute atomic E-state index is 9.73. The Hall–Kier alpha value is -1.43. The van der Waals surface area contributed by atoms with E-state index in [1.165, 1.54) is 11.1 Å². The molecule has 0 aliphatic carbocycles. The Morgan fingerprint density at radius 3 is 2.67 bits per heavy atom. The van der Waals surface area contributed by atoms with Gasteiger partial charge in [-0.2, -0.15) is 0 Å². The third-order valence-electron chi connectivity index (χ3n) is 4.12. The van der Waals surface area contributed by atoms with Crippen LogP contribution in [-0.4, -0.2) is 33.8 Å². The van der Waals surface area contributed by atoms with Gasteiger partial charge in [0.25, 0.3) is 0 Å². The molecule has 5 heteroatoms. The molecule has 0 amide bonds. The summed E-state index contributed by atoms with van der Waals surface area (Å²) in [4.78, 5) is 0. The van der Waals surface area contributed by atoms with Crippen LogP contribution in [0.5, 0.6) is 0 Å². The van der Waals surface area contributed by atoms with Crippen molar-refractivity contribution in [2.24, 2.45) is 5.16 Å². The number of hydrogen-bond donors (Lipinski definition) is 1. The molecule has 3 rings (SSSR count). The van der Waals surface area contributed by atoms with Gasteiger partial charge in [-0.05, 0) is 24.0 Å². The lowest BCUT2D eigenvalue weighted by Gasteiger charge is -2.30. The van der Waals surface area contributed by atoms with Gasteiger partial charge in [-0.3, -0.25) is 0 Å². The average molecular weight is 360 g/mol. The monoisotopic (exact) mass is 359 g/mol. The minimum absolute atomic E-state index is 0.612. The van der Waals surface area contributed by atoms with Gasteiger partial charge in [-0.15, -0.1) is 23.5 Å². The van der Waals surface area contributed by atoms with Gasteiger partial charge >= 0.3 is 0 Å². The third-order valence-corrected chi connectivity index (χ3v) is 7.12. The van der Waals surface area contributed by atoms with E-state index in [9.17, 15) is 5.21 Å². The Morgan fingerprint density at radius 1 is 1.17 bits per heavy atom. The van der Waals surface area contributed by atoms with E-state index in [4.69, 9.17) is 4.74 Å². The Morgan fingerprint density at radius 2 is 1.92 bits per heavy atom. The van der Waals surface area contributed by atoms with Crippen LogP contribution < -0.4 is 0 Å². The summed E-state index contributed by atoms with van der Waals surface area (Å²) in [5.41, 5.74) is 4.11. The Kier molecular flexibility index (Phi) is 5.87. The normalized spacial score (nSPS) is 22.1. The number of thioether (sulfide) groups is 2. The summed E-state index contributed by atoms with van der Waals surface area (Å²) in [6.07, 6.45) is 1.90. The highest BCUT2D eigenvalue weighted by molar-refractivity contribution is 8.19. The zero-order valence-corrected chi connectivity index (χ0v) is 15.3. The van der Waals surface area contributed by atoms with E-state index in [1.54, 1.807) is 30.6 Å². The largest absolute Gasteiger partial charge is 0.410 e. The molecule has 1 heterocycles. The van der Waals surface area contributed by atoms with Crippen molar-refractivity contribution in [2.45, 2.75) is 17.1 Å². The van der Waals surface area contributed by atoms with E-state index in [-0.39, 0.29) is 0 Å².